The number of likely N-dealkylation sites (tertiary alicyclic amines) is 1. The van der Waals surface area contributed by atoms with Gasteiger partial charge in [0.2, 0.25) is 0 Å². The second kappa shape index (κ2) is 9.37. The van der Waals surface area contributed by atoms with Gasteiger partial charge in [0.05, 0.1) is 25.8 Å². The number of hydrogen-bond acceptors (Lipinski definition) is 5. The maximum absolute atomic E-state index is 12.5. The van der Waals surface area contributed by atoms with Gasteiger partial charge in [0, 0.05) is 18.9 Å². The van der Waals surface area contributed by atoms with Crippen LogP contribution < -0.4 is 14.8 Å². The summed E-state index contributed by atoms with van der Waals surface area (Å²) in [6.45, 7) is 2.59. The van der Waals surface area contributed by atoms with Crippen LogP contribution in [0.15, 0.2) is 42.7 Å². The van der Waals surface area contributed by atoms with Gasteiger partial charge in [0.1, 0.15) is 0 Å². The van der Waals surface area contributed by atoms with E-state index in [2.05, 4.69) is 21.3 Å². The average molecular weight is 369 g/mol. The summed E-state index contributed by atoms with van der Waals surface area (Å²) >= 11 is 0. The number of ether oxygens (including phenoxy) is 2. The molecule has 2 aromatic rings. The highest BCUT2D eigenvalue weighted by atomic mass is 16.5. The smallest absolute Gasteiger partial charge is 0.252 e. The topological polar surface area (TPSA) is 63.7 Å². The number of benzene rings is 1. The van der Waals surface area contributed by atoms with Crippen LogP contribution in [0.5, 0.6) is 11.5 Å². The summed E-state index contributed by atoms with van der Waals surface area (Å²) in [5.41, 5.74) is 1.68. The maximum Gasteiger partial charge on any atom is 0.252 e. The van der Waals surface area contributed by atoms with Gasteiger partial charge in [-0.2, -0.15) is 0 Å². The lowest BCUT2D eigenvalue weighted by molar-refractivity contribution is 0.0924. The number of piperidine rings is 1. The molecule has 3 rings (SSSR count). The normalized spacial score (nSPS) is 15.8. The van der Waals surface area contributed by atoms with Crippen LogP contribution in [0.1, 0.15) is 41.2 Å². The number of pyridine rings is 1. The number of aromatic nitrogens is 1. The van der Waals surface area contributed by atoms with Gasteiger partial charge in [-0.15, -0.1) is 0 Å². The molecule has 27 heavy (non-hydrogen) atoms. The minimum atomic E-state index is -0.106. The maximum atomic E-state index is 12.5. The van der Waals surface area contributed by atoms with E-state index >= 15 is 0 Å². The van der Waals surface area contributed by atoms with Gasteiger partial charge in [-0.3, -0.25) is 14.7 Å². The van der Waals surface area contributed by atoms with Crippen molar-refractivity contribution in [1.29, 1.82) is 0 Å². The van der Waals surface area contributed by atoms with Crippen LogP contribution in [0.4, 0.5) is 0 Å². The number of nitrogens with one attached hydrogen (secondary N) is 1. The molecule has 144 valence electrons. The molecule has 0 radical (unpaired) electrons. The largest absolute Gasteiger partial charge is 0.493 e. The highest BCUT2D eigenvalue weighted by Crippen LogP contribution is 2.32. The van der Waals surface area contributed by atoms with Crippen molar-refractivity contribution in [3.05, 3.63) is 53.9 Å². The molecule has 0 spiro atoms. The number of carbonyl (C=O) groups excluding carboxylic acids is 1. The van der Waals surface area contributed by atoms with Crippen molar-refractivity contribution < 1.29 is 14.3 Å². The van der Waals surface area contributed by atoms with Crippen LogP contribution in [0.2, 0.25) is 0 Å². The van der Waals surface area contributed by atoms with Gasteiger partial charge in [-0.1, -0.05) is 12.5 Å². The molecule has 0 bridgehead atoms. The molecule has 1 fully saturated rings. The van der Waals surface area contributed by atoms with E-state index in [1.807, 2.05) is 12.1 Å². The first-order chi connectivity index (χ1) is 13.2. The summed E-state index contributed by atoms with van der Waals surface area (Å²) in [6, 6.07) is 9.62. The minimum Gasteiger partial charge on any atom is -0.493 e. The zero-order valence-corrected chi connectivity index (χ0v) is 16.0. The summed E-state index contributed by atoms with van der Waals surface area (Å²) in [6.07, 6.45) is 6.87. The standard InChI is InChI=1S/C21H27N3O3/c1-26-19-9-8-16(13-20(19)27-2)18(24-11-4-3-5-12-24)15-23-21(25)17-7-6-10-22-14-17/h6-10,13-14,18H,3-5,11-12,15H2,1-2H3,(H,23,25). The van der Waals surface area contributed by atoms with E-state index in [1.165, 1.54) is 19.3 Å². The Hall–Kier alpha value is -2.60. The third-order valence-corrected chi connectivity index (χ3v) is 5.00. The quantitative estimate of drug-likeness (QED) is 0.813. The van der Waals surface area contributed by atoms with Crippen molar-refractivity contribution in [3.8, 4) is 11.5 Å². The molecule has 6 heteroatoms. The lowest BCUT2D eigenvalue weighted by Crippen LogP contribution is -2.40. The summed E-state index contributed by atoms with van der Waals surface area (Å²) in [7, 11) is 3.27. The first-order valence-electron chi connectivity index (χ1n) is 9.37. The Kier molecular flexibility index (Phi) is 6.65. The van der Waals surface area contributed by atoms with Crippen molar-refractivity contribution >= 4 is 5.91 Å². The Morgan fingerprint density at radius 3 is 2.59 bits per heavy atom. The fourth-order valence-corrected chi connectivity index (χ4v) is 3.54. The van der Waals surface area contributed by atoms with Crippen molar-refractivity contribution in [2.75, 3.05) is 33.9 Å². The molecular formula is C21H27N3O3. The molecule has 1 amide bonds. The summed E-state index contributed by atoms with van der Waals surface area (Å²) < 4.78 is 10.8. The third kappa shape index (κ3) is 4.77. The highest BCUT2D eigenvalue weighted by Gasteiger charge is 2.24. The van der Waals surface area contributed by atoms with Crippen molar-refractivity contribution in [2.24, 2.45) is 0 Å². The fraction of sp³-hybridized carbons (Fsp3) is 0.429. The van der Waals surface area contributed by atoms with Crippen LogP contribution >= 0.6 is 0 Å². The zero-order chi connectivity index (χ0) is 19.1. The predicted molar refractivity (Wildman–Crippen MR) is 104 cm³/mol. The molecule has 1 atom stereocenters. The number of hydrogen-bond donors (Lipinski definition) is 1. The van der Waals surface area contributed by atoms with Gasteiger partial charge < -0.3 is 14.8 Å². The van der Waals surface area contributed by atoms with E-state index < -0.39 is 0 Å². The molecule has 1 aromatic heterocycles. The Morgan fingerprint density at radius 1 is 1.15 bits per heavy atom. The molecule has 1 saturated heterocycles. The van der Waals surface area contributed by atoms with Crippen molar-refractivity contribution in [3.63, 3.8) is 0 Å². The van der Waals surface area contributed by atoms with E-state index in [-0.39, 0.29) is 11.9 Å². The van der Waals surface area contributed by atoms with Gasteiger partial charge in [-0.05, 0) is 55.8 Å². The first kappa shape index (κ1) is 19.2. The van der Waals surface area contributed by atoms with Crippen LogP contribution in [-0.2, 0) is 0 Å². The third-order valence-electron chi connectivity index (χ3n) is 5.00. The minimum absolute atomic E-state index is 0.0886. The van der Waals surface area contributed by atoms with Gasteiger partial charge in [-0.25, -0.2) is 0 Å². The average Bonchev–Trinajstić information content (AvgIpc) is 2.75. The molecule has 0 aliphatic carbocycles. The molecule has 2 heterocycles. The second-order valence-electron chi connectivity index (χ2n) is 6.68. The van der Waals surface area contributed by atoms with E-state index in [0.717, 1.165) is 18.7 Å². The van der Waals surface area contributed by atoms with Crippen molar-refractivity contribution in [1.82, 2.24) is 15.2 Å². The number of methoxy groups -OCH3 is 2. The number of amides is 1. The van der Waals surface area contributed by atoms with E-state index in [4.69, 9.17) is 9.47 Å². The molecular weight excluding hydrogens is 342 g/mol. The lowest BCUT2D eigenvalue weighted by atomic mass is 10.0. The van der Waals surface area contributed by atoms with Gasteiger partial charge in [0.15, 0.2) is 11.5 Å². The molecule has 1 aliphatic heterocycles. The van der Waals surface area contributed by atoms with Crippen LogP contribution in [0.3, 0.4) is 0 Å². The fourth-order valence-electron chi connectivity index (χ4n) is 3.54. The SMILES string of the molecule is COc1ccc(C(CNC(=O)c2cccnc2)N2CCCCC2)cc1OC. The van der Waals surface area contributed by atoms with Gasteiger partial charge >= 0.3 is 0 Å². The predicted octanol–water partition coefficient (Wildman–Crippen LogP) is 3.06. The first-order valence-corrected chi connectivity index (χ1v) is 9.37. The Labute approximate surface area is 160 Å². The Morgan fingerprint density at radius 2 is 1.93 bits per heavy atom. The van der Waals surface area contributed by atoms with Crippen LogP contribution in [0, 0.1) is 0 Å². The number of carbonyl (C=O) groups is 1. The number of nitrogens with zero attached hydrogens (tertiary/aromatic N) is 2. The lowest BCUT2D eigenvalue weighted by Gasteiger charge is -2.35. The summed E-state index contributed by atoms with van der Waals surface area (Å²) in [5.74, 6) is 1.30. The molecule has 0 saturated carbocycles. The van der Waals surface area contributed by atoms with Gasteiger partial charge in [0.25, 0.3) is 5.91 Å². The van der Waals surface area contributed by atoms with E-state index in [1.54, 1.807) is 38.7 Å². The van der Waals surface area contributed by atoms with Crippen LogP contribution in [0.25, 0.3) is 0 Å². The summed E-state index contributed by atoms with van der Waals surface area (Å²) in [5, 5.41) is 3.07. The van der Waals surface area contributed by atoms with Crippen LogP contribution in [-0.4, -0.2) is 49.6 Å². The molecule has 1 aliphatic rings. The summed E-state index contributed by atoms with van der Waals surface area (Å²) in [4.78, 5) is 18.9. The monoisotopic (exact) mass is 369 g/mol. The van der Waals surface area contributed by atoms with E-state index in [9.17, 15) is 4.79 Å². The molecule has 1 N–H and O–H groups in total. The second-order valence-corrected chi connectivity index (χ2v) is 6.68. The number of rotatable bonds is 7. The molecule has 1 unspecified atom stereocenters. The van der Waals surface area contributed by atoms with Crippen molar-refractivity contribution in [2.45, 2.75) is 25.3 Å². The highest BCUT2D eigenvalue weighted by molar-refractivity contribution is 5.93. The van der Waals surface area contributed by atoms with E-state index in [0.29, 0.717) is 23.6 Å². The Bertz CT molecular complexity index is 746. The zero-order valence-electron chi connectivity index (χ0n) is 16.0. The molecule has 6 nitrogen and oxygen atoms in total. The molecule has 1 aromatic carbocycles. The Balaban J connectivity index is 1.79.